The minimum atomic E-state index is 0.376. The summed E-state index contributed by atoms with van der Waals surface area (Å²) in [7, 11) is 1.69. The molecule has 2 saturated heterocycles. The first kappa shape index (κ1) is 34.2. The van der Waals surface area contributed by atoms with E-state index in [2.05, 4.69) is 194 Å². The van der Waals surface area contributed by atoms with Gasteiger partial charge in [-0.2, -0.15) is 0 Å². The number of hydrogen-bond acceptors (Lipinski definition) is 0. The first-order chi connectivity index (χ1) is 27.8. The summed E-state index contributed by atoms with van der Waals surface area (Å²) >= 11 is 0. The number of hydrogen-bond donors (Lipinski definition) is 0. The predicted molar refractivity (Wildman–Crippen MR) is 245 cm³/mol. The highest BCUT2D eigenvalue weighted by Crippen LogP contribution is 2.66. The van der Waals surface area contributed by atoms with Crippen LogP contribution in [0.25, 0.3) is 43.1 Å². The molecule has 2 aliphatic heterocycles. The largest absolute Gasteiger partial charge is 0.113 e. The van der Waals surface area contributed by atoms with E-state index in [1.807, 2.05) is 0 Å². The van der Waals surface area contributed by atoms with Gasteiger partial charge in [0.05, 0.1) is 0 Å². The van der Waals surface area contributed by atoms with Gasteiger partial charge in [0.15, 0.2) is 0 Å². The van der Waals surface area contributed by atoms with Crippen LogP contribution in [0.1, 0.15) is 68.4 Å². The van der Waals surface area contributed by atoms with Gasteiger partial charge < -0.3 is 0 Å². The molecule has 0 aliphatic carbocycles. The summed E-state index contributed by atoms with van der Waals surface area (Å²) in [5.74, 6) is 1.63. The number of fused-ring (bicyclic) bond motifs is 4. The Morgan fingerprint density at radius 1 is 0.268 bits per heavy atom. The SMILES string of the molecule is c1ccc(C2PC[C@H](c3cccc4ccccc34)[C@H]2c2cccc3ccccc23)c(C2PC[C@H](c3cccc4ccccc34)[C@H]2c2cccc3ccccc23)c1. The lowest BCUT2D eigenvalue weighted by molar-refractivity contribution is 0.585. The molecule has 0 nitrogen and oxygen atoms in total. The molecule has 9 aromatic carbocycles. The molecule has 270 valence electrons. The van der Waals surface area contributed by atoms with Crippen molar-refractivity contribution in [3.8, 4) is 0 Å². The fourth-order valence-corrected chi connectivity index (χ4v) is 15.1. The van der Waals surface area contributed by atoms with Crippen LogP contribution in [0, 0.1) is 0 Å². The van der Waals surface area contributed by atoms with Crippen LogP contribution in [0.2, 0.25) is 0 Å². The summed E-state index contributed by atoms with van der Waals surface area (Å²) in [5, 5.41) is 11.0. The molecule has 0 aromatic heterocycles. The van der Waals surface area contributed by atoms with Crippen LogP contribution >= 0.6 is 17.2 Å². The third kappa shape index (κ3) is 5.73. The van der Waals surface area contributed by atoms with Crippen LogP contribution in [0.5, 0.6) is 0 Å². The molecule has 8 atom stereocenters. The smallest absolute Gasteiger partial charge is 0.00919 e. The lowest BCUT2D eigenvalue weighted by atomic mass is 9.73. The Hall–Kier alpha value is -5.12. The Bertz CT molecular complexity index is 2670. The van der Waals surface area contributed by atoms with Crippen molar-refractivity contribution in [1.82, 2.24) is 0 Å². The van der Waals surface area contributed by atoms with Crippen LogP contribution in [0.4, 0.5) is 0 Å². The summed E-state index contributed by atoms with van der Waals surface area (Å²) in [5.41, 5.74) is 10.1. The van der Waals surface area contributed by atoms with Gasteiger partial charge in [-0.3, -0.25) is 0 Å². The summed E-state index contributed by atoms with van der Waals surface area (Å²) in [6.45, 7) is 0. The highest BCUT2D eigenvalue weighted by molar-refractivity contribution is 7.39. The molecule has 0 saturated carbocycles. The van der Waals surface area contributed by atoms with E-state index in [4.69, 9.17) is 0 Å². The van der Waals surface area contributed by atoms with Crippen molar-refractivity contribution in [2.24, 2.45) is 0 Å². The predicted octanol–water partition coefficient (Wildman–Crippen LogP) is 14.9. The summed E-state index contributed by atoms with van der Waals surface area (Å²) in [6, 6.07) is 74.2. The lowest BCUT2D eigenvalue weighted by Gasteiger charge is -2.32. The van der Waals surface area contributed by atoms with Crippen molar-refractivity contribution in [3.05, 3.63) is 228 Å². The molecule has 0 radical (unpaired) electrons. The van der Waals surface area contributed by atoms with Crippen LogP contribution in [0.15, 0.2) is 194 Å². The van der Waals surface area contributed by atoms with Gasteiger partial charge >= 0.3 is 0 Å². The minimum absolute atomic E-state index is 0.376. The Labute approximate surface area is 333 Å². The van der Waals surface area contributed by atoms with Crippen molar-refractivity contribution in [2.45, 2.75) is 35.0 Å². The Morgan fingerprint density at radius 2 is 0.536 bits per heavy atom. The Morgan fingerprint density at radius 3 is 0.911 bits per heavy atom. The molecule has 2 fully saturated rings. The molecule has 0 amide bonds. The quantitative estimate of drug-likeness (QED) is 0.148. The molecular weight excluding hydrogens is 711 g/mol. The van der Waals surface area contributed by atoms with Crippen molar-refractivity contribution in [2.75, 3.05) is 12.3 Å². The monoisotopic (exact) mass is 754 g/mol. The van der Waals surface area contributed by atoms with Crippen LogP contribution in [-0.2, 0) is 0 Å². The molecule has 9 aromatic rings. The molecule has 2 heteroatoms. The minimum Gasteiger partial charge on any atom is -0.113 e. The van der Waals surface area contributed by atoms with E-state index in [0.29, 0.717) is 35.0 Å². The maximum Gasteiger partial charge on any atom is 0.00919 e. The van der Waals surface area contributed by atoms with E-state index in [1.165, 1.54) is 77.7 Å². The van der Waals surface area contributed by atoms with Gasteiger partial charge in [-0.05, 0) is 101 Å². The average Bonchev–Trinajstić information content (AvgIpc) is 3.91. The van der Waals surface area contributed by atoms with E-state index >= 15 is 0 Å². The topological polar surface area (TPSA) is 0 Å². The zero-order valence-electron chi connectivity index (χ0n) is 31.4. The normalized spacial score (nSPS) is 23.2. The number of benzene rings is 9. The van der Waals surface area contributed by atoms with E-state index in [1.54, 1.807) is 11.1 Å². The highest BCUT2D eigenvalue weighted by atomic mass is 31.1. The van der Waals surface area contributed by atoms with Gasteiger partial charge in [-0.1, -0.05) is 194 Å². The summed E-state index contributed by atoms with van der Waals surface area (Å²) in [4.78, 5) is 0. The zero-order valence-corrected chi connectivity index (χ0v) is 33.4. The van der Waals surface area contributed by atoms with Gasteiger partial charge in [0.2, 0.25) is 0 Å². The van der Waals surface area contributed by atoms with Crippen LogP contribution in [-0.4, -0.2) is 12.3 Å². The third-order valence-corrected chi connectivity index (χ3v) is 16.7. The van der Waals surface area contributed by atoms with Gasteiger partial charge in [0, 0.05) is 23.2 Å². The average molecular weight is 755 g/mol. The standard InChI is InChI=1S/C54H44P2/c1-5-23-39-35(15-1)19-11-29-43(39)49-33-55-53(51(49)45-31-13-21-37-17-3-7-25-41(37)45)47-27-9-10-28-48(47)54-52(46-32-14-22-38-18-4-8-26-42(38)46)50(34-56-54)44-30-12-20-36-16-2-6-24-40(36)44/h1-32,49-56H,33-34H2/t49-,50-,51-,52-,53?,54?/m1/s1. The fourth-order valence-electron chi connectivity index (χ4n) is 10.8. The van der Waals surface area contributed by atoms with Crippen molar-refractivity contribution in [1.29, 1.82) is 0 Å². The maximum atomic E-state index is 2.53. The van der Waals surface area contributed by atoms with E-state index in [0.717, 1.165) is 17.2 Å². The highest BCUT2D eigenvalue weighted by Gasteiger charge is 2.45. The first-order valence-electron chi connectivity index (χ1n) is 20.3. The second-order valence-electron chi connectivity index (χ2n) is 15.9. The molecule has 11 rings (SSSR count). The second-order valence-corrected chi connectivity index (χ2v) is 18.8. The molecule has 2 aliphatic rings. The van der Waals surface area contributed by atoms with Gasteiger partial charge in [0.25, 0.3) is 0 Å². The van der Waals surface area contributed by atoms with Crippen molar-refractivity contribution in [3.63, 3.8) is 0 Å². The third-order valence-electron chi connectivity index (χ3n) is 13.2. The molecule has 56 heavy (non-hydrogen) atoms. The van der Waals surface area contributed by atoms with Crippen LogP contribution in [0.3, 0.4) is 0 Å². The van der Waals surface area contributed by atoms with Crippen molar-refractivity contribution >= 4 is 60.3 Å². The van der Waals surface area contributed by atoms with Crippen LogP contribution < -0.4 is 0 Å². The van der Waals surface area contributed by atoms with Crippen molar-refractivity contribution < 1.29 is 0 Å². The van der Waals surface area contributed by atoms with Gasteiger partial charge in [-0.25, -0.2) is 0 Å². The Balaban J connectivity index is 1.10. The summed E-state index contributed by atoms with van der Waals surface area (Å²) < 4.78 is 0. The van der Waals surface area contributed by atoms with Gasteiger partial charge in [-0.15, -0.1) is 17.2 Å². The van der Waals surface area contributed by atoms with Gasteiger partial charge in [0.1, 0.15) is 0 Å². The molecular formula is C54H44P2. The second kappa shape index (κ2) is 14.4. The lowest BCUT2D eigenvalue weighted by Crippen LogP contribution is -2.16. The molecule has 0 bridgehead atoms. The number of rotatable bonds is 6. The molecule has 2 heterocycles. The maximum absolute atomic E-state index is 2.53. The van der Waals surface area contributed by atoms with E-state index in [-0.39, 0.29) is 0 Å². The summed E-state index contributed by atoms with van der Waals surface area (Å²) in [6.07, 6.45) is 2.42. The zero-order chi connectivity index (χ0) is 37.0. The van der Waals surface area contributed by atoms with E-state index in [9.17, 15) is 0 Å². The molecule has 0 spiro atoms. The fraction of sp³-hybridized carbons (Fsp3) is 0.148. The first-order valence-corrected chi connectivity index (χ1v) is 22.8. The Kier molecular flexibility index (Phi) is 8.80. The van der Waals surface area contributed by atoms with E-state index < -0.39 is 0 Å². The molecule has 4 unspecified atom stereocenters. The molecule has 0 N–H and O–H groups in total.